The molecule has 1 aromatic heterocycles. The molecule has 0 aliphatic heterocycles. The first-order valence-corrected chi connectivity index (χ1v) is 17.2. The number of nitrogens with zero attached hydrogens (tertiary/aromatic N) is 1. The van der Waals surface area contributed by atoms with Gasteiger partial charge in [0.2, 0.25) is 0 Å². The molecule has 0 radical (unpaired) electrons. The van der Waals surface area contributed by atoms with E-state index in [9.17, 15) is 0 Å². The lowest BCUT2D eigenvalue weighted by molar-refractivity contribution is 1.30. The Morgan fingerprint density at radius 1 is 0.333 bits per heavy atom. The molecule has 1 nitrogen and oxygen atoms in total. The van der Waals surface area contributed by atoms with Crippen molar-refractivity contribution in [2.45, 2.75) is 0 Å². The van der Waals surface area contributed by atoms with E-state index in [4.69, 9.17) is 0 Å². The number of anilines is 3. The van der Waals surface area contributed by atoms with Crippen LogP contribution in [0.15, 0.2) is 188 Å². The number of hydrogen-bond donors (Lipinski definition) is 0. The van der Waals surface area contributed by atoms with E-state index in [0.717, 1.165) is 11.4 Å². The van der Waals surface area contributed by atoms with Gasteiger partial charge in [0.05, 0.1) is 5.69 Å². The molecule has 0 unspecified atom stereocenters. The number of fused-ring (bicyclic) bond motifs is 4. The number of rotatable bonds is 6. The van der Waals surface area contributed by atoms with Crippen molar-refractivity contribution in [3.63, 3.8) is 0 Å². The molecule has 9 aromatic rings. The zero-order chi connectivity index (χ0) is 31.9. The molecular weight excluding hydrogens is 599 g/mol. The van der Waals surface area contributed by atoms with Gasteiger partial charge in [0.15, 0.2) is 0 Å². The van der Waals surface area contributed by atoms with Gasteiger partial charge in [-0.25, -0.2) is 0 Å². The summed E-state index contributed by atoms with van der Waals surface area (Å²) in [5.74, 6) is 0. The third-order valence-corrected chi connectivity index (χ3v) is 10.3. The minimum Gasteiger partial charge on any atom is -0.310 e. The van der Waals surface area contributed by atoms with Crippen molar-refractivity contribution in [1.82, 2.24) is 0 Å². The second-order valence-electron chi connectivity index (χ2n) is 12.2. The molecular formula is C46H31NS. The highest BCUT2D eigenvalue weighted by atomic mass is 32.1. The van der Waals surface area contributed by atoms with E-state index in [0.29, 0.717) is 0 Å². The summed E-state index contributed by atoms with van der Waals surface area (Å²) < 4.78 is 2.58. The van der Waals surface area contributed by atoms with Gasteiger partial charge in [0.25, 0.3) is 0 Å². The molecule has 0 N–H and O–H groups in total. The molecule has 1 heterocycles. The van der Waals surface area contributed by atoms with Crippen molar-refractivity contribution in [2.24, 2.45) is 0 Å². The Kier molecular flexibility index (Phi) is 7.07. The highest BCUT2D eigenvalue weighted by molar-refractivity contribution is 7.26. The van der Waals surface area contributed by atoms with Crippen LogP contribution in [0.4, 0.5) is 17.1 Å². The van der Waals surface area contributed by atoms with Crippen molar-refractivity contribution in [3.8, 4) is 33.4 Å². The standard InChI is InChI=1S/C46H31NS/c1-3-13-32(14-4-1)38-28-39(33-15-5-2-6-16-33)31-41(30-38)47(43-22-12-24-45-46(43)42-21-9-10-23-44(42)48-45)40-20-11-19-36(29-40)37-26-25-34-17-7-8-18-35(34)27-37/h1-31H. The third kappa shape index (κ3) is 5.13. The van der Waals surface area contributed by atoms with Crippen molar-refractivity contribution in [3.05, 3.63) is 188 Å². The van der Waals surface area contributed by atoms with Gasteiger partial charge >= 0.3 is 0 Å². The second kappa shape index (κ2) is 12.0. The summed E-state index contributed by atoms with van der Waals surface area (Å²) in [7, 11) is 0. The largest absolute Gasteiger partial charge is 0.310 e. The average Bonchev–Trinajstić information content (AvgIpc) is 3.55. The average molecular weight is 630 g/mol. The van der Waals surface area contributed by atoms with E-state index in [1.54, 1.807) is 0 Å². The van der Waals surface area contributed by atoms with Gasteiger partial charge in [-0.1, -0.05) is 133 Å². The van der Waals surface area contributed by atoms with Crippen LogP contribution in [0.2, 0.25) is 0 Å². The lowest BCUT2D eigenvalue weighted by Crippen LogP contribution is -2.11. The zero-order valence-electron chi connectivity index (χ0n) is 26.3. The van der Waals surface area contributed by atoms with Crippen LogP contribution < -0.4 is 4.90 Å². The molecule has 2 heteroatoms. The van der Waals surface area contributed by atoms with Gasteiger partial charge in [0.1, 0.15) is 0 Å². The summed E-state index contributed by atoms with van der Waals surface area (Å²) in [6.45, 7) is 0. The lowest BCUT2D eigenvalue weighted by Gasteiger charge is -2.28. The van der Waals surface area contributed by atoms with Gasteiger partial charge in [-0.3, -0.25) is 0 Å². The molecule has 0 fully saturated rings. The van der Waals surface area contributed by atoms with Crippen LogP contribution in [0.5, 0.6) is 0 Å². The fraction of sp³-hybridized carbons (Fsp3) is 0. The Labute approximate surface area is 284 Å². The van der Waals surface area contributed by atoms with Gasteiger partial charge in [-0.05, 0) is 98.8 Å². The first kappa shape index (κ1) is 28.3. The topological polar surface area (TPSA) is 3.24 Å². The summed E-state index contributed by atoms with van der Waals surface area (Å²) in [5.41, 5.74) is 10.6. The quantitative estimate of drug-likeness (QED) is 0.177. The fourth-order valence-electron chi connectivity index (χ4n) is 6.90. The molecule has 9 rings (SSSR count). The molecule has 0 saturated carbocycles. The summed E-state index contributed by atoms with van der Waals surface area (Å²) in [6, 6.07) is 68.3. The molecule has 0 amide bonds. The Morgan fingerprint density at radius 2 is 0.917 bits per heavy atom. The second-order valence-corrected chi connectivity index (χ2v) is 13.3. The maximum absolute atomic E-state index is 2.46. The Hall–Kier alpha value is -5.96. The Morgan fingerprint density at radius 3 is 1.69 bits per heavy atom. The molecule has 8 aromatic carbocycles. The van der Waals surface area contributed by atoms with Gasteiger partial charge in [-0.2, -0.15) is 0 Å². The first-order valence-electron chi connectivity index (χ1n) is 16.3. The van der Waals surface area contributed by atoms with E-state index < -0.39 is 0 Å². The predicted molar refractivity (Wildman–Crippen MR) is 208 cm³/mol. The zero-order valence-corrected chi connectivity index (χ0v) is 27.1. The Balaban J connectivity index is 1.32. The summed E-state index contributed by atoms with van der Waals surface area (Å²) >= 11 is 1.86. The van der Waals surface area contributed by atoms with Gasteiger partial charge in [0, 0.05) is 31.5 Å². The molecule has 48 heavy (non-hydrogen) atoms. The van der Waals surface area contributed by atoms with Crippen LogP contribution in [0.25, 0.3) is 64.3 Å². The highest BCUT2D eigenvalue weighted by Crippen LogP contribution is 2.46. The molecule has 0 spiro atoms. The van der Waals surface area contributed by atoms with Crippen LogP contribution in [0.3, 0.4) is 0 Å². The SMILES string of the molecule is c1ccc(-c2cc(-c3ccccc3)cc(N(c3cccc(-c4ccc5ccccc5c4)c3)c3cccc4sc5ccccc5c34)c2)cc1. The molecule has 0 saturated heterocycles. The van der Waals surface area contributed by atoms with Crippen molar-refractivity contribution >= 4 is 59.3 Å². The fourth-order valence-corrected chi connectivity index (χ4v) is 8.02. The van der Waals surface area contributed by atoms with Crippen LogP contribution >= 0.6 is 11.3 Å². The molecule has 226 valence electrons. The van der Waals surface area contributed by atoms with E-state index in [-0.39, 0.29) is 0 Å². The molecule has 0 bridgehead atoms. The maximum Gasteiger partial charge on any atom is 0.0554 e. The number of hydrogen-bond acceptors (Lipinski definition) is 2. The monoisotopic (exact) mass is 629 g/mol. The van der Waals surface area contributed by atoms with Crippen molar-refractivity contribution < 1.29 is 0 Å². The van der Waals surface area contributed by atoms with E-state index in [1.807, 2.05) is 11.3 Å². The smallest absolute Gasteiger partial charge is 0.0554 e. The van der Waals surface area contributed by atoms with Crippen molar-refractivity contribution in [1.29, 1.82) is 0 Å². The minimum absolute atomic E-state index is 1.12. The van der Waals surface area contributed by atoms with Crippen LogP contribution in [-0.2, 0) is 0 Å². The van der Waals surface area contributed by atoms with Gasteiger partial charge in [-0.15, -0.1) is 11.3 Å². The summed E-state index contributed by atoms with van der Waals surface area (Å²) in [6.07, 6.45) is 0. The van der Waals surface area contributed by atoms with Crippen LogP contribution in [0, 0.1) is 0 Å². The first-order chi connectivity index (χ1) is 23.8. The highest BCUT2D eigenvalue weighted by Gasteiger charge is 2.20. The molecule has 0 aliphatic carbocycles. The van der Waals surface area contributed by atoms with Crippen LogP contribution in [-0.4, -0.2) is 0 Å². The molecule has 0 aliphatic rings. The number of thiophene rings is 1. The maximum atomic E-state index is 2.46. The van der Waals surface area contributed by atoms with Gasteiger partial charge < -0.3 is 4.90 Å². The minimum atomic E-state index is 1.12. The summed E-state index contributed by atoms with van der Waals surface area (Å²) in [5, 5.41) is 5.06. The van der Waals surface area contributed by atoms with Crippen molar-refractivity contribution in [2.75, 3.05) is 4.90 Å². The van der Waals surface area contributed by atoms with E-state index in [1.165, 1.54) is 70.0 Å². The molecule has 0 atom stereocenters. The van der Waals surface area contributed by atoms with E-state index in [2.05, 4.69) is 193 Å². The normalized spacial score (nSPS) is 11.3. The van der Waals surface area contributed by atoms with Crippen LogP contribution in [0.1, 0.15) is 0 Å². The lowest BCUT2D eigenvalue weighted by atomic mass is 9.96. The summed E-state index contributed by atoms with van der Waals surface area (Å²) in [4.78, 5) is 2.46. The van der Waals surface area contributed by atoms with E-state index >= 15 is 0 Å². The third-order valence-electron chi connectivity index (χ3n) is 9.20. The predicted octanol–water partition coefficient (Wildman–Crippen LogP) is 13.7. The Bertz CT molecular complexity index is 2510. The number of benzene rings is 8.